The average molecular weight is 419 g/mol. The summed E-state index contributed by atoms with van der Waals surface area (Å²) in [5.41, 5.74) is 0.768. The third-order valence-corrected chi connectivity index (χ3v) is 6.75. The Morgan fingerprint density at radius 2 is 1.93 bits per heavy atom. The van der Waals surface area contributed by atoms with Crippen LogP contribution < -0.4 is 9.62 Å². The number of carbonyl (C=O) groups is 1. The molecule has 2 heterocycles. The molecule has 29 heavy (non-hydrogen) atoms. The van der Waals surface area contributed by atoms with Crippen LogP contribution in [-0.4, -0.2) is 52.5 Å². The van der Waals surface area contributed by atoms with Crippen LogP contribution in [-0.2, 0) is 21.4 Å². The van der Waals surface area contributed by atoms with Crippen molar-refractivity contribution in [2.75, 3.05) is 27.2 Å². The van der Waals surface area contributed by atoms with Crippen molar-refractivity contribution in [3.05, 3.63) is 60.1 Å². The molecule has 7 nitrogen and oxygen atoms in total. The number of nitrogens with zero attached hydrogens (tertiary/aromatic N) is 1. The highest BCUT2D eigenvalue weighted by Crippen LogP contribution is 2.14. The van der Waals surface area contributed by atoms with E-state index in [0.29, 0.717) is 5.76 Å². The predicted molar refractivity (Wildman–Crippen MR) is 111 cm³/mol. The van der Waals surface area contributed by atoms with Gasteiger partial charge in [0.05, 0.1) is 37.8 Å². The molecule has 0 aliphatic carbocycles. The summed E-state index contributed by atoms with van der Waals surface area (Å²) in [6, 6.07) is 10.1. The number of piperidine rings is 1. The number of furan rings is 1. The van der Waals surface area contributed by atoms with E-state index in [2.05, 4.69) is 11.8 Å². The van der Waals surface area contributed by atoms with Crippen molar-refractivity contribution in [2.45, 2.75) is 30.3 Å². The van der Waals surface area contributed by atoms with E-state index >= 15 is 0 Å². The second kappa shape index (κ2) is 9.39. The highest BCUT2D eigenvalue weighted by molar-refractivity contribution is 7.89. The number of sulfonamides is 1. The molecular formula is C21H28N3O4S+. The smallest absolute Gasteiger partial charge is 0.246 e. The molecule has 8 heteroatoms. The molecular weight excluding hydrogens is 390 g/mol. The minimum atomic E-state index is -3.63. The summed E-state index contributed by atoms with van der Waals surface area (Å²) in [4.78, 5) is 15.9. The lowest BCUT2D eigenvalue weighted by molar-refractivity contribution is -0.885. The number of carbonyl (C=O) groups excluding carboxylic acids is 1. The number of amides is 1. The van der Waals surface area contributed by atoms with Gasteiger partial charge in [0.2, 0.25) is 15.9 Å². The Labute approximate surface area is 172 Å². The van der Waals surface area contributed by atoms with Gasteiger partial charge in [-0.15, -0.1) is 0 Å². The van der Waals surface area contributed by atoms with Gasteiger partial charge in [-0.3, -0.25) is 4.79 Å². The van der Waals surface area contributed by atoms with E-state index in [1.807, 2.05) is 7.05 Å². The molecule has 0 spiro atoms. The van der Waals surface area contributed by atoms with E-state index in [-0.39, 0.29) is 23.4 Å². The maximum absolute atomic E-state index is 12.4. The quantitative estimate of drug-likeness (QED) is 0.655. The number of quaternary nitrogens is 1. The molecule has 0 radical (unpaired) electrons. The number of nitrogens with one attached hydrogen (secondary N) is 2. The number of hydrogen-bond acceptors (Lipinski definition) is 4. The summed E-state index contributed by atoms with van der Waals surface area (Å²) in [6.07, 6.45) is 6.78. The molecule has 1 aliphatic rings. The van der Waals surface area contributed by atoms with Crippen LogP contribution in [0.2, 0.25) is 0 Å². The van der Waals surface area contributed by atoms with Crippen molar-refractivity contribution in [1.82, 2.24) is 9.62 Å². The first-order valence-electron chi connectivity index (χ1n) is 9.73. The molecule has 1 saturated heterocycles. The van der Waals surface area contributed by atoms with Gasteiger partial charge in [-0.05, 0) is 35.9 Å². The van der Waals surface area contributed by atoms with Gasteiger partial charge in [-0.25, -0.2) is 13.1 Å². The largest absolute Gasteiger partial charge is 0.468 e. The summed E-state index contributed by atoms with van der Waals surface area (Å²) in [6.45, 7) is 2.25. The van der Waals surface area contributed by atoms with Crippen molar-refractivity contribution < 1.29 is 22.5 Å². The first-order valence-corrected chi connectivity index (χ1v) is 11.2. The van der Waals surface area contributed by atoms with Crippen LogP contribution in [0.15, 0.2) is 58.1 Å². The number of rotatable bonds is 7. The third kappa shape index (κ3) is 5.79. The molecule has 2 aromatic rings. The van der Waals surface area contributed by atoms with Gasteiger partial charge in [0.15, 0.2) is 0 Å². The Morgan fingerprint density at radius 3 is 2.55 bits per heavy atom. The summed E-state index contributed by atoms with van der Waals surface area (Å²) in [5.74, 6) is 0.508. The zero-order chi connectivity index (χ0) is 20.9. The second-order valence-corrected chi connectivity index (χ2v) is 9.21. The summed E-state index contributed by atoms with van der Waals surface area (Å²) in [7, 11) is 0.392. The molecule has 0 unspecified atom stereocenters. The number of benzene rings is 1. The van der Waals surface area contributed by atoms with E-state index in [1.54, 1.807) is 41.3 Å². The topological polar surface area (TPSA) is 84.1 Å². The zero-order valence-corrected chi connectivity index (χ0v) is 17.6. The third-order valence-electron chi connectivity index (χ3n) is 5.33. The summed E-state index contributed by atoms with van der Waals surface area (Å²) >= 11 is 0. The lowest BCUT2D eigenvalue weighted by atomic mass is 10.0. The fraction of sp³-hybridized carbons (Fsp3) is 0.381. The summed E-state index contributed by atoms with van der Waals surface area (Å²) in [5, 5.41) is 0. The highest BCUT2D eigenvalue weighted by atomic mass is 32.2. The maximum atomic E-state index is 12.4. The Kier molecular flexibility index (Phi) is 6.89. The van der Waals surface area contributed by atoms with E-state index in [9.17, 15) is 13.2 Å². The molecule has 1 aromatic carbocycles. The average Bonchev–Trinajstić information content (AvgIpc) is 3.25. The van der Waals surface area contributed by atoms with Crippen molar-refractivity contribution >= 4 is 22.0 Å². The lowest BCUT2D eigenvalue weighted by Crippen LogP contribution is -3.10. The molecule has 0 atom stereocenters. The number of likely N-dealkylation sites (tertiary alicyclic amines) is 1. The van der Waals surface area contributed by atoms with Crippen LogP contribution in [0.1, 0.15) is 24.2 Å². The maximum Gasteiger partial charge on any atom is 0.246 e. The van der Waals surface area contributed by atoms with Crippen molar-refractivity contribution in [1.29, 1.82) is 0 Å². The van der Waals surface area contributed by atoms with Gasteiger partial charge in [0.25, 0.3) is 0 Å². The molecule has 1 amide bonds. The molecule has 1 aromatic heterocycles. The molecule has 3 rings (SSSR count). The van der Waals surface area contributed by atoms with Crippen LogP contribution in [0.3, 0.4) is 0 Å². The van der Waals surface area contributed by atoms with E-state index in [0.717, 1.165) is 31.5 Å². The Bertz CT molecular complexity index is 929. The van der Waals surface area contributed by atoms with Crippen LogP contribution in [0.25, 0.3) is 6.08 Å². The van der Waals surface area contributed by atoms with Crippen molar-refractivity contribution in [3.8, 4) is 0 Å². The van der Waals surface area contributed by atoms with E-state index in [1.165, 1.54) is 23.3 Å². The monoisotopic (exact) mass is 418 g/mol. The fourth-order valence-corrected chi connectivity index (χ4v) is 4.36. The number of likely N-dealkylation sites (N-methyl/N-ethyl adjacent to an activating group) is 1. The Morgan fingerprint density at radius 1 is 1.24 bits per heavy atom. The minimum absolute atomic E-state index is 0.0358. The first kappa shape index (κ1) is 21.3. The molecule has 2 N–H and O–H groups in total. The Balaban J connectivity index is 1.57. The summed E-state index contributed by atoms with van der Waals surface area (Å²) < 4.78 is 32.4. The van der Waals surface area contributed by atoms with Crippen LogP contribution >= 0.6 is 0 Å². The standard InChI is InChI=1S/C21H27N3O4S/c1-23-13-11-18(12-14-23)24(2)21(25)10-7-17-5-8-20(9-6-17)29(26,27)22-16-19-4-3-15-28-19/h3-10,15,18,22H,11-14,16H2,1-2H3/p+1/b10-7+. The van der Waals surface area contributed by atoms with Gasteiger partial charge < -0.3 is 14.2 Å². The van der Waals surface area contributed by atoms with Crippen LogP contribution in [0, 0.1) is 0 Å². The molecule has 1 fully saturated rings. The predicted octanol–water partition coefficient (Wildman–Crippen LogP) is 0.907. The zero-order valence-electron chi connectivity index (χ0n) is 16.8. The van der Waals surface area contributed by atoms with Gasteiger partial charge in [-0.1, -0.05) is 12.1 Å². The Hall–Kier alpha value is -2.42. The first-order chi connectivity index (χ1) is 13.8. The van der Waals surface area contributed by atoms with Crippen molar-refractivity contribution in [2.24, 2.45) is 0 Å². The van der Waals surface area contributed by atoms with E-state index < -0.39 is 10.0 Å². The van der Waals surface area contributed by atoms with Crippen molar-refractivity contribution in [3.63, 3.8) is 0 Å². The van der Waals surface area contributed by atoms with Gasteiger partial charge in [0, 0.05) is 32.0 Å². The SMILES string of the molecule is CN(C(=O)/C=C/c1ccc(S(=O)(=O)NCc2ccco2)cc1)C1CC[NH+](C)CC1. The highest BCUT2D eigenvalue weighted by Gasteiger charge is 2.24. The molecule has 156 valence electrons. The fourth-order valence-electron chi connectivity index (χ4n) is 3.37. The van der Waals surface area contributed by atoms with Crippen LogP contribution in [0.5, 0.6) is 0 Å². The van der Waals surface area contributed by atoms with Gasteiger partial charge in [0.1, 0.15) is 5.76 Å². The van der Waals surface area contributed by atoms with Crippen LogP contribution in [0.4, 0.5) is 0 Å². The molecule has 1 aliphatic heterocycles. The lowest BCUT2D eigenvalue weighted by Gasteiger charge is -2.32. The van der Waals surface area contributed by atoms with E-state index in [4.69, 9.17) is 4.42 Å². The number of hydrogen-bond donors (Lipinski definition) is 2. The molecule has 0 bridgehead atoms. The minimum Gasteiger partial charge on any atom is -0.468 e. The normalized spacial score (nSPS) is 20.1. The molecule has 0 saturated carbocycles. The van der Waals surface area contributed by atoms with Gasteiger partial charge in [-0.2, -0.15) is 0 Å². The van der Waals surface area contributed by atoms with Gasteiger partial charge >= 0.3 is 0 Å². The second-order valence-electron chi connectivity index (χ2n) is 7.44.